The number of aromatic nitrogens is 2. The van der Waals surface area contributed by atoms with Crippen molar-refractivity contribution in [1.82, 2.24) is 15.1 Å². The molecule has 1 atom stereocenters. The van der Waals surface area contributed by atoms with E-state index in [9.17, 15) is 14.3 Å². The quantitative estimate of drug-likeness (QED) is 0.434. The van der Waals surface area contributed by atoms with Crippen molar-refractivity contribution >= 4 is 5.91 Å². The number of aryl methyl sites for hydroxylation is 3. The van der Waals surface area contributed by atoms with E-state index in [0.717, 1.165) is 27.8 Å². The van der Waals surface area contributed by atoms with Crippen molar-refractivity contribution < 1.29 is 14.3 Å². The number of nitrogens with one attached hydrogen (secondary N) is 1. The van der Waals surface area contributed by atoms with E-state index in [0.29, 0.717) is 29.1 Å². The summed E-state index contributed by atoms with van der Waals surface area (Å²) in [7, 11) is 0. The number of carbonyl (C=O) groups is 1. The number of phenols is 1. The van der Waals surface area contributed by atoms with Gasteiger partial charge in [-0.25, -0.2) is 4.39 Å². The molecule has 5 nitrogen and oxygen atoms in total. The van der Waals surface area contributed by atoms with Gasteiger partial charge in [0.25, 0.3) is 5.91 Å². The fourth-order valence-electron chi connectivity index (χ4n) is 4.69. The number of aromatic hydroxyl groups is 1. The smallest absolute Gasteiger partial charge is 0.273 e. The Bertz CT molecular complexity index is 1330. The lowest BCUT2D eigenvalue weighted by atomic mass is 9.93. The summed E-state index contributed by atoms with van der Waals surface area (Å²) in [5.41, 5.74) is 6.94. The van der Waals surface area contributed by atoms with E-state index in [2.05, 4.69) is 10.2 Å². The largest absolute Gasteiger partial charge is 0.507 e. The van der Waals surface area contributed by atoms with Crippen molar-refractivity contribution in [3.05, 3.63) is 106 Å². The van der Waals surface area contributed by atoms with Crippen LogP contribution >= 0.6 is 0 Å². The Balaban J connectivity index is 1.68. The van der Waals surface area contributed by atoms with Crippen molar-refractivity contribution in [3.8, 4) is 17.0 Å². The number of fused-ring (bicyclic) bond motifs is 1. The molecule has 1 amide bonds. The highest BCUT2D eigenvalue weighted by Gasteiger charge is 2.42. The van der Waals surface area contributed by atoms with Gasteiger partial charge in [0.15, 0.2) is 0 Å². The highest BCUT2D eigenvalue weighted by molar-refractivity contribution is 6.00. The minimum atomic E-state index is -0.469. The monoisotopic (exact) mass is 441 g/mol. The second-order valence-electron chi connectivity index (χ2n) is 8.71. The lowest BCUT2D eigenvalue weighted by molar-refractivity contribution is 0.0730. The molecule has 4 aromatic rings. The summed E-state index contributed by atoms with van der Waals surface area (Å²) in [6.07, 6.45) is 0. The molecule has 1 aliphatic heterocycles. The summed E-state index contributed by atoms with van der Waals surface area (Å²) in [5, 5.41) is 18.1. The topological polar surface area (TPSA) is 69.2 Å². The van der Waals surface area contributed by atoms with E-state index >= 15 is 0 Å². The summed E-state index contributed by atoms with van der Waals surface area (Å²) in [4.78, 5) is 15.3. The maximum Gasteiger partial charge on any atom is 0.273 e. The van der Waals surface area contributed by atoms with Crippen molar-refractivity contribution in [2.75, 3.05) is 0 Å². The molecule has 2 heterocycles. The van der Waals surface area contributed by atoms with Crippen LogP contribution in [0.2, 0.25) is 0 Å². The molecule has 5 rings (SSSR count). The molecule has 0 aliphatic carbocycles. The van der Waals surface area contributed by atoms with Crippen LogP contribution < -0.4 is 0 Å². The van der Waals surface area contributed by atoms with Crippen LogP contribution in [-0.4, -0.2) is 26.1 Å². The maximum absolute atomic E-state index is 13.7. The Labute approximate surface area is 191 Å². The normalized spacial score (nSPS) is 15.2. The van der Waals surface area contributed by atoms with Crippen molar-refractivity contribution in [2.24, 2.45) is 0 Å². The highest BCUT2D eigenvalue weighted by Crippen LogP contribution is 2.46. The molecule has 166 valence electrons. The molecule has 1 unspecified atom stereocenters. The Hall–Kier alpha value is -3.93. The lowest BCUT2D eigenvalue weighted by Crippen LogP contribution is -2.29. The van der Waals surface area contributed by atoms with Crippen molar-refractivity contribution in [2.45, 2.75) is 33.4 Å². The second kappa shape index (κ2) is 7.89. The summed E-state index contributed by atoms with van der Waals surface area (Å²) < 4.78 is 13.7. The van der Waals surface area contributed by atoms with Crippen LogP contribution in [0.15, 0.2) is 60.7 Å². The number of rotatable bonds is 4. The summed E-state index contributed by atoms with van der Waals surface area (Å²) in [5.74, 6) is -0.403. The second-order valence-corrected chi connectivity index (χ2v) is 8.71. The minimum absolute atomic E-state index is 0.115. The number of nitrogens with zero attached hydrogens (tertiary/aromatic N) is 2. The molecule has 6 heteroatoms. The number of phenolic OH excluding ortho intramolecular Hbond substituents is 1. The SMILES string of the molecule is Cc1ccc(CN2C(=O)c3[nH]nc(-c4c(C)cc(C)cc4O)c3C2c2ccc(F)cc2)cc1. The first-order chi connectivity index (χ1) is 15.8. The molecule has 0 fully saturated rings. The van der Waals surface area contributed by atoms with E-state index < -0.39 is 6.04 Å². The highest BCUT2D eigenvalue weighted by atomic mass is 19.1. The predicted octanol–water partition coefficient (Wildman–Crippen LogP) is 5.59. The van der Waals surface area contributed by atoms with E-state index in [1.54, 1.807) is 23.1 Å². The van der Waals surface area contributed by atoms with Crippen molar-refractivity contribution in [1.29, 1.82) is 0 Å². The van der Waals surface area contributed by atoms with Gasteiger partial charge in [-0.3, -0.25) is 9.89 Å². The molecule has 0 spiro atoms. The van der Waals surface area contributed by atoms with Gasteiger partial charge < -0.3 is 10.0 Å². The van der Waals surface area contributed by atoms with Crippen LogP contribution in [0.5, 0.6) is 5.75 Å². The third kappa shape index (κ3) is 3.57. The molecule has 0 bridgehead atoms. The van der Waals surface area contributed by atoms with Crippen LogP contribution in [0, 0.1) is 26.6 Å². The Morgan fingerprint density at radius 2 is 1.70 bits per heavy atom. The number of H-pyrrole nitrogens is 1. The summed E-state index contributed by atoms with van der Waals surface area (Å²) >= 11 is 0. The zero-order chi connectivity index (χ0) is 23.3. The number of carbonyl (C=O) groups excluding carboxylic acids is 1. The molecule has 2 N–H and O–H groups in total. The molecule has 1 aliphatic rings. The average Bonchev–Trinajstić information content (AvgIpc) is 3.29. The first-order valence-electron chi connectivity index (χ1n) is 10.8. The molecular formula is C27H24FN3O2. The fourth-order valence-corrected chi connectivity index (χ4v) is 4.69. The molecule has 1 aromatic heterocycles. The summed E-state index contributed by atoms with van der Waals surface area (Å²) in [6.45, 7) is 6.24. The first-order valence-corrected chi connectivity index (χ1v) is 10.8. The van der Waals surface area contributed by atoms with Gasteiger partial charge in [0, 0.05) is 17.7 Å². The van der Waals surface area contributed by atoms with Gasteiger partial charge in [-0.05, 0) is 61.2 Å². The minimum Gasteiger partial charge on any atom is -0.507 e. The number of benzene rings is 3. The van der Waals surface area contributed by atoms with E-state index in [1.165, 1.54) is 12.1 Å². The third-order valence-electron chi connectivity index (χ3n) is 6.22. The molecular weight excluding hydrogens is 417 g/mol. The number of aromatic amines is 1. The number of hydrogen-bond donors (Lipinski definition) is 2. The van der Waals surface area contributed by atoms with Crippen LogP contribution in [-0.2, 0) is 6.54 Å². The first kappa shape index (κ1) is 20.9. The van der Waals surface area contributed by atoms with Gasteiger partial charge in [-0.2, -0.15) is 5.10 Å². The number of halogens is 1. The van der Waals surface area contributed by atoms with Gasteiger partial charge in [-0.1, -0.05) is 48.0 Å². The van der Waals surface area contributed by atoms with E-state index in [4.69, 9.17) is 0 Å². The summed E-state index contributed by atoms with van der Waals surface area (Å²) in [6, 6.07) is 17.4. The lowest BCUT2D eigenvalue weighted by Gasteiger charge is -2.27. The molecule has 0 saturated carbocycles. The van der Waals surface area contributed by atoms with Crippen LogP contribution in [0.25, 0.3) is 11.3 Å². The maximum atomic E-state index is 13.7. The average molecular weight is 442 g/mol. The standard InChI is InChI=1S/C27H24FN3O2/c1-15-4-6-18(7-5-15)14-31-26(19-8-10-20(28)11-9-19)23-24(29-30-25(23)27(31)33)22-17(3)12-16(2)13-21(22)32/h4-13,26,32H,14H2,1-3H3,(H,29,30). The zero-order valence-electron chi connectivity index (χ0n) is 18.7. The predicted molar refractivity (Wildman–Crippen MR) is 124 cm³/mol. The van der Waals surface area contributed by atoms with Gasteiger partial charge >= 0.3 is 0 Å². The molecule has 0 radical (unpaired) electrons. The third-order valence-corrected chi connectivity index (χ3v) is 6.22. The van der Waals surface area contributed by atoms with E-state index in [1.807, 2.05) is 51.1 Å². The van der Waals surface area contributed by atoms with Crippen LogP contribution in [0.4, 0.5) is 4.39 Å². The van der Waals surface area contributed by atoms with Gasteiger partial charge in [0.2, 0.25) is 0 Å². The van der Waals surface area contributed by atoms with Gasteiger partial charge in [0.05, 0.1) is 6.04 Å². The van der Waals surface area contributed by atoms with E-state index in [-0.39, 0.29) is 17.5 Å². The Morgan fingerprint density at radius 1 is 1.00 bits per heavy atom. The van der Waals surface area contributed by atoms with Crippen LogP contribution in [0.3, 0.4) is 0 Å². The van der Waals surface area contributed by atoms with Gasteiger partial charge in [0.1, 0.15) is 23.0 Å². The van der Waals surface area contributed by atoms with Gasteiger partial charge in [-0.15, -0.1) is 0 Å². The van der Waals surface area contributed by atoms with Crippen molar-refractivity contribution in [3.63, 3.8) is 0 Å². The Morgan fingerprint density at radius 3 is 2.36 bits per heavy atom. The zero-order valence-corrected chi connectivity index (χ0v) is 18.7. The number of amides is 1. The molecule has 3 aromatic carbocycles. The number of hydrogen-bond acceptors (Lipinski definition) is 3. The molecule has 33 heavy (non-hydrogen) atoms. The Kier molecular flexibility index (Phi) is 5.01. The fraction of sp³-hybridized carbons (Fsp3) is 0.185. The van der Waals surface area contributed by atoms with Crippen LogP contribution in [0.1, 0.15) is 49.9 Å². The molecule has 0 saturated heterocycles.